The second-order valence-electron chi connectivity index (χ2n) is 4.51. The average Bonchev–Trinajstić information content (AvgIpc) is 2.99. The van der Waals surface area contributed by atoms with E-state index in [0.717, 1.165) is 0 Å². The van der Waals surface area contributed by atoms with Gasteiger partial charge in [-0.25, -0.2) is 14.2 Å². The van der Waals surface area contributed by atoms with Crippen LogP contribution in [0.3, 0.4) is 0 Å². The van der Waals surface area contributed by atoms with Crippen molar-refractivity contribution in [1.82, 2.24) is 9.97 Å². The zero-order chi connectivity index (χ0) is 15.9. The number of hydrogen-bond donors (Lipinski definition) is 3. The second-order valence-corrected chi connectivity index (χ2v) is 4.92. The molecular formula is C14H10FN3O3S. The van der Waals surface area contributed by atoms with E-state index < -0.39 is 11.8 Å². The highest BCUT2D eigenvalue weighted by Crippen LogP contribution is 2.37. The number of ether oxygens (including phenoxy) is 1. The van der Waals surface area contributed by atoms with Crippen molar-refractivity contribution in [2.24, 2.45) is 4.99 Å². The average molecular weight is 319 g/mol. The molecule has 1 aliphatic heterocycles. The summed E-state index contributed by atoms with van der Waals surface area (Å²) < 4.78 is 18.4. The van der Waals surface area contributed by atoms with Gasteiger partial charge in [0.15, 0.2) is 10.5 Å². The number of esters is 1. The molecule has 0 saturated carbocycles. The first-order chi connectivity index (χ1) is 10.5. The molecule has 0 aliphatic carbocycles. The SMILES string of the molecule is COC(=O)C1=Nc2ccc(F)cc2/C1=C/c1[nH]c(=S)[nH]c1O. The van der Waals surface area contributed by atoms with Crippen molar-refractivity contribution in [3.8, 4) is 5.88 Å². The summed E-state index contributed by atoms with van der Waals surface area (Å²) in [6, 6.07) is 3.98. The van der Waals surface area contributed by atoms with Crippen LogP contribution in [0.5, 0.6) is 5.88 Å². The largest absolute Gasteiger partial charge is 0.493 e. The van der Waals surface area contributed by atoms with Crippen molar-refractivity contribution < 1.29 is 19.0 Å². The van der Waals surface area contributed by atoms with Crippen molar-refractivity contribution in [2.75, 3.05) is 7.11 Å². The van der Waals surface area contributed by atoms with Crippen molar-refractivity contribution >= 4 is 41.2 Å². The lowest BCUT2D eigenvalue weighted by atomic mass is 10.0. The zero-order valence-corrected chi connectivity index (χ0v) is 12.1. The Labute approximate surface area is 129 Å². The Balaban J connectivity index is 2.20. The highest BCUT2D eigenvalue weighted by Gasteiger charge is 2.28. The van der Waals surface area contributed by atoms with E-state index in [0.29, 0.717) is 16.8 Å². The number of H-pyrrole nitrogens is 2. The summed E-state index contributed by atoms with van der Waals surface area (Å²) in [4.78, 5) is 21.3. The maximum atomic E-state index is 13.5. The molecule has 0 saturated heterocycles. The summed E-state index contributed by atoms with van der Waals surface area (Å²) >= 11 is 4.88. The van der Waals surface area contributed by atoms with Crippen LogP contribution < -0.4 is 0 Å². The molecule has 22 heavy (non-hydrogen) atoms. The summed E-state index contributed by atoms with van der Waals surface area (Å²) in [5.41, 5.74) is 1.50. The van der Waals surface area contributed by atoms with E-state index in [-0.39, 0.29) is 22.1 Å². The first-order valence-electron chi connectivity index (χ1n) is 6.20. The van der Waals surface area contributed by atoms with E-state index >= 15 is 0 Å². The Bertz CT molecular complexity index is 895. The number of aromatic amines is 2. The first kappa shape index (κ1) is 14.2. The van der Waals surface area contributed by atoms with Crippen LogP contribution in [0.4, 0.5) is 10.1 Å². The lowest BCUT2D eigenvalue weighted by molar-refractivity contribution is -0.132. The molecule has 0 bridgehead atoms. The monoisotopic (exact) mass is 319 g/mol. The van der Waals surface area contributed by atoms with Gasteiger partial charge >= 0.3 is 5.97 Å². The normalized spacial score (nSPS) is 14.8. The number of hydrogen-bond acceptors (Lipinski definition) is 5. The van der Waals surface area contributed by atoms with Gasteiger partial charge in [0, 0.05) is 11.1 Å². The predicted molar refractivity (Wildman–Crippen MR) is 81.0 cm³/mol. The van der Waals surface area contributed by atoms with Crippen LogP contribution in [0, 0.1) is 10.6 Å². The van der Waals surface area contributed by atoms with E-state index in [9.17, 15) is 14.3 Å². The first-order valence-corrected chi connectivity index (χ1v) is 6.60. The van der Waals surface area contributed by atoms with Gasteiger partial charge in [-0.3, -0.25) is 0 Å². The van der Waals surface area contributed by atoms with E-state index in [1.807, 2.05) is 0 Å². The summed E-state index contributed by atoms with van der Waals surface area (Å²) in [6.07, 6.45) is 1.46. The fourth-order valence-electron chi connectivity index (χ4n) is 2.16. The quantitative estimate of drug-likeness (QED) is 0.586. The highest BCUT2D eigenvalue weighted by molar-refractivity contribution is 7.71. The molecule has 0 amide bonds. The van der Waals surface area contributed by atoms with Crippen LogP contribution in [0.15, 0.2) is 23.2 Å². The number of methoxy groups -OCH3 is 1. The van der Waals surface area contributed by atoms with Crippen LogP contribution >= 0.6 is 12.2 Å². The number of benzene rings is 1. The Morgan fingerprint density at radius 1 is 1.45 bits per heavy atom. The van der Waals surface area contributed by atoms with Gasteiger partial charge in [-0.1, -0.05) is 0 Å². The number of aromatic hydroxyl groups is 1. The maximum Gasteiger partial charge on any atom is 0.357 e. The van der Waals surface area contributed by atoms with Gasteiger partial charge in [0.25, 0.3) is 0 Å². The molecular weight excluding hydrogens is 309 g/mol. The number of fused-ring (bicyclic) bond motifs is 1. The minimum Gasteiger partial charge on any atom is -0.493 e. The number of carbonyl (C=O) groups is 1. The third-order valence-corrected chi connectivity index (χ3v) is 3.34. The van der Waals surface area contributed by atoms with Gasteiger partial charge < -0.3 is 19.8 Å². The van der Waals surface area contributed by atoms with Crippen molar-refractivity contribution in [2.45, 2.75) is 0 Å². The molecule has 3 rings (SSSR count). The minimum atomic E-state index is -0.656. The molecule has 0 unspecified atom stereocenters. The molecule has 1 aliphatic rings. The van der Waals surface area contributed by atoms with Crippen LogP contribution in [0.1, 0.15) is 11.3 Å². The van der Waals surface area contributed by atoms with Gasteiger partial charge in [0.2, 0.25) is 5.88 Å². The number of imidazole rings is 1. The summed E-state index contributed by atoms with van der Waals surface area (Å²) in [5, 5.41) is 9.75. The van der Waals surface area contributed by atoms with Crippen LogP contribution in [-0.2, 0) is 9.53 Å². The lowest BCUT2D eigenvalue weighted by Gasteiger charge is -2.03. The van der Waals surface area contributed by atoms with Gasteiger partial charge in [-0.15, -0.1) is 0 Å². The van der Waals surface area contributed by atoms with Crippen molar-refractivity contribution in [3.05, 3.63) is 40.0 Å². The van der Waals surface area contributed by atoms with Crippen LogP contribution in [0.2, 0.25) is 0 Å². The van der Waals surface area contributed by atoms with Crippen LogP contribution in [0.25, 0.3) is 11.6 Å². The number of carbonyl (C=O) groups excluding carboxylic acids is 1. The highest BCUT2D eigenvalue weighted by atomic mass is 32.1. The molecule has 0 radical (unpaired) electrons. The van der Waals surface area contributed by atoms with Gasteiger partial charge in [0.05, 0.1) is 12.8 Å². The Kier molecular flexibility index (Phi) is 3.38. The maximum absolute atomic E-state index is 13.5. The molecule has 112 valence electrons. The van der Waals surface area contributed by atoms with Crippen molar-refractivity contribution in [3.63, 3.8) is 0 Å². The van der Waals surface area contributed by atoms with Gasteiger partial charge in [0.1, 0.15) is 11.5 Å². The minimum absolute atomic E-state index is 0.0306. The molecule has 3 N–H and O–H groups in total. The fraction of sp³-hybridized carbons (Fsp3) is 0.0714. The number of aromatic nitrogens is 2. The number of nitrogens with one attached hydrogen (secondary N) is 2. The van der Waals surface area contributed by atoms with Gasteiger partial charge in [-0.2, -0.15) is 0 Å². The summed E-state index contributed by atoms with van der Waals surface area (Å²) in [7, 11) is 1.23. The summed E-state index contributed by atoms with van der Waals surface area (Å²) in [6.45, 7) is 0. The molecule has 2 aromatic rings. The topological polar surface area (TPSA) is 90.5 Å². The van der Waals surface area contributed by atoms with Gasteiger partial charge in [-0.05, 0) is 36.5 Å². The summed E-state index contributed by atoms with van der Waals surface area (Å²) in [5.74, 6) is -1.31. The number of halogens is 1. The van der Waals surface area contributed by atoms with E-state index in [1.54, 1.807) is 0 Å². The number of rotatable bonds is 2. The number of nitrogens with zero attached hydrogens (tertiary/aromatic N) is 1. The smallest absolute Gasteiger partial charge is 0.357 e. The Hall–Kier alpha value is -2.74. The fourth-order valence-corrected chi connectivity index (χ4v) is 2.37. The number of aliphatic imine (C=N–C) groups is 1. The molecule has 1 aromatic carbocycles. The zero-order valence-electron chi connectivity index (χ0n) is 11.3. The molecule has 0 atom stereocenters. The van der Waals surface area contributed by atoms with Crippen LogP contribution in [-0.4, -0.2) is 33.9 Å². The standard InChI is InChI=1S/C14H10FN3O3S/c1-21-13(20)11-8(5-10-12(19)18-14(22)17-10)7-4-6(15)2-3-9(7)16-11/h2-5,19H,1H3,(H2,17,18,22)/b8-5-. The molecule has 1 aromatic heterocycles. The molecule has 2 heterocycles. The third kappa shape index (κ3) is 2.33. The Morgan fingerprint density at radius 3 is 2.86 bits per heavy atom. The molecule has 8 heteroatoms. The van der Waals surface area contributed by atoms with E-state index in [1.165, 1.54) is 31.4 Å². The molecule has 6 nitrogen and oxygen atoms in total. The van der Waals surface area contributed by atoms with E-state index in [2.05, 4.69) is 15.0 Å². The molecule has 0 spiro atoms. The molecule has 0 fully saturated rings. The second kappa shape index (κ2) is 5.23. The lowest BCUT2D eigenvalue weighted by Crippen LogP contribution is -2.14. The van der Waals surface area contributed by atoms with Crippen molar-refractivity contribution in [1.29, 1.82) is 0 Å². The van der Waals surface area contributed by atoms with E-state index in [4.69, 9.17) is 17.0 Å². The Morgan fingerprint density at radius 2 is 2.23 bits per heavy atom. The third-order valence-electron chi connectivity index (χ3n) is 3.14. The predicted octanol–water partition coefficient (Wildman–Crippen LogP) is 2.72.